The molecule has 57 heavy (non-hydrogen) atoms. The molecule has 2 heterocycles. The molecule has 11 rings (SSSR count). The average Bonchev–Trinajstić information content (AvgIpc) is 3.81. The number of hydrogen-bond acceptors (Lipinski definition) is 0. The zero-order valence-corrected chi connectivity index (χ0v) is 32.1. The SMILES string of the molecule is c1ccc(-c2cccc(-n3c4ccc(-n5c6ccccc6c6ccccc65)cc4c4c(S(c5ccccc5)(c5ccccc5)c5ccccc5)cccc43)c2)cc1. The van der Waals surface area contributed by atoms with Crippen LogP contribution in [-0.2, 0) is 0 Å². The van der Waals surface area contributed by atoms with E-state index in [0.717, 1.165) is 11.4 Å². The summed E-state index contributed by atoms with van der Waals surface area (Å²) in [6, 6.07) is 85.0. The Morgan fingerprint density at radius 3 is 1.32 bits per heavy atom. The van der Waals surface area contributed by atoms with Crippen LogP contribution in [0.15, 0.2) is 250 Å². The van der Waals surface area contributed by atoms with Crippen molar-refractivity contribution < 1.29 is 0 Å². The van der Waals surface area contributed by atoms with E-state index < -0.39 is 10.0 Å². The lowest BCUT2D eigenvalue weighted by Crippen LogP contribution is -2.05. The van der Waals surface area contributed by atoms with Gasteiger partial charge in [0.1, 0.15) is 0 Å². The van der Waals surface area contributed by atoms with Crippen LogP contribution in [0.3, 0.4) is 0 Å². The Morgan fingerprint density at radius 1 is 0.281 bits per heavy atom. The Bertz CT molecular complexity index is 3070. The lowest BCUT2D eigenvalue weighted by molar-refractivity contribution is 1.16. The van der Waals surface area contributed by atoms with Crippen molar-refractivity contribution in [3.05, 3.63) is 231 Å². The summed E-state index contributed by atoms with van der Waals surface area (Å²) >= 11 is 0. The molecule has 0 aliphatic carbocycles. The largest absolute Gasteiger partial charge is 0.309 e. The smallest absolute Gasteiger partial charge is 0.0552 e. The number of aromatic nitrogens is 2. The molecule has 0 aliphatic heterocycles. The van der Waals surface area contributed by atoms with Crippen LogP contribution >= 0.6 is 10.0 Å². The molecule has 270 valence electrons. The molecule has 0 unspecified atom stereocenters. The topological polar surface area (TPSA) is 9.86 Å². The molecule has 0 bridgehead atoms. The first-order chi connectivity index (χ1) is 28.3. The fourth-order valence-electron chi connectivity index (χ4n) is 9.02. The molecule has 11 aromatic rings. The normalized spacial score (nSPS) is 12.1. The maximum Gasteiger partial charge on any atom is 0.0552 e. The van der Waals surface area contributed by atoms with Gasteiger partial charge in [-0.3, -0.25) is 0 Å². The zero-order valence-electron chi connectivity index (χ0n) is 31.2. The first kappa shape index (κ1) is 33.3. The van der Waals surface area contributed by atoms with Crippen LogP contribution in [-0.4, -0.2) is 9.13 Å². The average molecular weight is 747 g/mol. The molecule has 0 fully saturated rings. The predicted molar refractivity (Wildman–Crippen MR) is 241 cm³/mol. The summed E-state index contributed by atoms with van der Waals surface area (Å²) in [4.78, 5) is 5.24. The van der Waals surface area contributed by atoms with Gasteiger partial charge in [0, 0.05) is 52.5 Å². The third-order valence-electron chi connectivity index (χ3n) is 11.4. The number of rotatable bonds is 7. The summed E-state index contributed by atoms with van der Waals surface area (Å²) in [5.74, 6) is 0. The maximum absolute atomic E-state index is 2.49. The minimum Gasteiger partial charge on any atom is -0.309 e. The van der Waals surface area contributed by atoms with E-state index in [2.05, 4.69) is 240 Å². The van der Waals surface area contributed by atoms with Gasteiger partial charge >= 0.3 is 0 Å². The standard InChI is InChI=1S/C54H38N2S/c1-5-19-39(20-6-1)40-21-17-22-41(37-40)56-51-36-35-42(55-49-31-15-13-29-46(49)47-30-14-16-32-50(47)55)38-48(51)54-52(56)33-18-34-53(54)57(43-23-7-2-8-24-43,44-25-9-3-10-26-44)45-27-11-4-12-28-45/h1-38H. The Hall–Kier alpha value is -7.07. The highest BCUT2D eigenvalue weighted by Gasteiger charge is 2.36. The molecule has 0 spiro atoms. The quantitative estimate of drug-likeness (QED) is 0.154. The van der Waals surface area contributed by atoms with Crippen molar-refractivity contribution in [2.45, 2.75) is 19.6 Å². The van der Waals surface area contributed by atoms with Gasteiger partial charge in [0.05, 0.1) is 22.1 Å². The van der Waals surface area contributed by atoms with E-state index in [4.69, 9.17) is 0 Å². The van der Waals surface area contributed by atoms with E-state index in [1.54, 1.807) is 0 Å². The van der Waals surface area contributed by atoms with Crippen molar-refractivity contribution in [3.8, 4) is 22.5 Å². The van der Waals surface area contributed by atoms with Crippen LogP contribution in [0.5, 0.6) is 0 Å². The number of hydrogen-bond donors (Lipinski definition) is 0. The van der Waals surface area contributed by atoms with Crippen molar-refractivity contribution >= 4 is 53.6 Å². The minimum atomic E-state index is -2.01. The highest BCUT2D eigenvalue weighted by molar-refractivity contribution is 8.34. The molecule has 2 nitrogen and oxygen atoms in total. The van der Waals surface area contributed by atoms with Crippen LogP contribution in [0.25, 0.3) is 66.1 Å². The Morgan fingerprint density at radius 2 is 0.719 bits per heavy atom. The summed E-state index contributed by atoms with van der Waals surface area (Å²) in [5.41, 5.74) is 9.45. The van der Waals surface area contributed by atoms with Crippen LogP contribution < -0.4 is 0 Å². The lowest BCUT2D eigenvalue weighted by Gasteiger charge is -2.42. The summed E-state index contributed by atoms with van der Waals surface area (Å²) in [6.07, 6.45) is 0. The highest BCUT2D eigenvalue weighted by Crippen LogP contribution is 2.74. The Kier molecular flexibility index (Phi) is 7.94. The van der Waals surface area contributed by atoms with Crippen molar-refractivity contribution in [1.82, 2.24) is 9.13 Å². The van der Waals surface area contributed by atoms with Gasteiger partial charge in [-0.1, -0.05) is 140 Å². The Labute approximate surface area is 333 Å². The molecule has 2 aromatic heterocycles. The van der Waals surface area contributed by atoms with Crippen molar-refractivity contribution in [2.24, 2.45) is 0 Å². The summed E-state index contributed by atoms with van der Waals surface area (Å²) in [5, 5.41) is 5.01. The first-order valence-electron chi connectivity index (χ1n) is 19.5. The fourth-order valence-corrected chi connectivity index (χ4v) is 13.1. The van der Waals surface area contributed by atoms with Crippen molar-refractivity contribution in [1.29, 1.82) is 0 Å². The first-order valence-corrected chi connectivity index (χ1v) is 21.1. The van der Waals surface area contributed by atoms with E-state index in [0.29, 0.717) is 0 Å². The molecule has 0 N–H and O–H groups in total. The van der Waals surface area contributed by atoms with Crippen molar-refractivity contribution in [2.75, 3.05) is 0 Å². The van der Waals surface area contributed by atoms with Gasteiger partial charge in [0.2, 0.25) is 0 Å². The molecule has 0 saturated carbocycles. The van der Waals surface area contributed by atoms with E-state index in [-0.39, 0.29) is 0 Å². The molecular formula is C54H38N2S. The van der Waals surface area contributed by atoms with Crippen LogP contribution in [0.1, 0.15) is 0 Å². The number of para-hydroxylation sites is 2. The molecule has 3 heteroatoms. The van der Waals surface area contributed by atoms with E-state index in [9.17, 15) is 0 Å². The molecule has 0 amide bonds. The summed E-state index contributed by atoms with van der Waals surface area (Å²) < 4.78 is 4.93. The predicted octanol–water partition coefficient (Wildman–Crippen LogP) is 14.9. The number of fused-ring (bicyclic) bond motifs is 6. The van der Waals surface area contributed by atoms with Gasteiger partial charge in [-0.15, -0.1) is 10.0 Å². The van der Waals surface area contributed by atoms with E-state index >= 15 is 0 Å². The minimum absolute atomic E-state index is 1.14. The van der Waals surface area contributed by atoms with Gasteiger partial charge < -0.3 is 9.13 Å². The van der Waals surface area contributed by atoms with Gasteiger partial charge in [0.25, 0.3) is 0 Å². The lowest BCUT2D eigenvalue weighted by atomic mass is 10.1. The second-order valence-electron chi connectivity index (χ2n) is 14.5. The summed E-state index contributed by atoms with van der Waals surface area (Å²) in [6.45, 7) is 0. The Balaban J connectivity index is 1.30. The van der Waals surface area contributed by atoms with E-state index in [1.807, 2.05) is 0 Å². The van der Waals surface area contributed by atoms with Gasteiger partial charge in [-0.2, -0.15) is 0 Å². The molecular weight excluding hydrogens is 709 g/mol. The second-order valence-corrected chi connectivity index (χ2v) is 17.6. The highest BCUT2D eigenvalue weighted by atomic mass is 32.3. The molecule has 0 atom stereocenters. The summed E-state index contributed by atoms with van der Waals surface area (Å²) in [7, 11) is -2.01. The van der Waals surface area contributed by atoms with Gasteiger partial charge in [-0.25, -0.2) is 0 Å². The van der Waals surface area contributed by atoms with Crippen LogP contribution in [0, 0.1) is 0 Å². The molecule has 0 radical (unpaired) electrons. The van der Waals surface area contributed by atoms with Gasteiger partial charge in [0.15, 0.2) is 0 Å². The fraction of sp³-hybridized carbons (Fsp3) is 0. The van der Waals surface area contributed by atoms with E-state index in [1.165, 1.54) is 74.3 Å². The molecule has 9 aromatic carbocycles. The van der Waals surface area contributed by atoms with Crippen LogP contribution in [0.4, 0.5) is 0 Å². The third-order valence-corrected chi connectivity index (χ3v) is 15.3. The number of benzene rings is 9. The molecule has 0 aliphatic rings. The van der Waals surface area contributed by atoms with Gasteiger partial charge in [-0.05, 0) is 102 Å². The third kappa shape index (κ3) is 5.20. The second kappa shape index (κ2) is 13.6. The molecule has 0 saturated heterocycles. The van der Waals surface area contributed by atoms with Crippen LogP contribution in [0.2, 0.25) is 0 Å². The van der Waals surface area contributed by atoms with Crippen molar-refractivity contribution in [3.63, 3.8) is 0 Å². The maximum atomic E-state index is 2.49. The number of nitrogens with zero attached hydrogens (tertiary/aromatic N) is 2. The monoisotopic (exact) mass is 746 g/mol. The zero-order chi connectivity index (χ0) is 37.8.